The van der Waals surface area contributed by atoms with Crippen LogP contribution < -0.4 is 14.8 Å². The number of nitrogens with zero attached hydrogens (tertiary/aromatic N) is 2. The summed E-state index contributed by atoms with van der Waals surface area (Å²) >= 11 is 0. The summed E-state index contributed by atoms with van der Waals surface area (Å²) in [6.07, 6.45) is 5.78. The van der Waals surface area contributed by atoms with Crippen molar-refractivity contribution in [2.75, 3.05) is 38.7 Å². The van der Waals surface area contributed by atoms with Crippen LogP contribution in [0, 0.1) is 0 Å². The quantitative estimate of drug-likeness (QED) is 0.573. The molecule has 1 aliphatic rings. The molecule has 2 rings (SSSR count). The number of likely N-dealkylation sites (N-methyl/N-ethyl adjacent to an activating group) is 1. The van der Waals surface area contributed by atoms with Crippen LogP contribution in [0.25, 0.3) is 0 Å². The number of hydrogen-bond acceptors (Lipinski definition) is 5. The van der Waals surface area contributed by atoms with E-state index in [0.29, 0.717) is 36.4 Å². The molecule has 1 saturated carbocycles. The lowest BCUT2D eigenvalue weighted by Crippen LogP contribution is -2.49. The lowest BCUT2D eigenvalue weighted by molar-refractivity contribution is -0.137. The molecule has 0 bridgehead atoms. The van der Waals surface area contributed by atoms with Crippen LogP contribution in [-0.2, 0) is 9.59 Å². The van der Waals surface area contributed by atoms with E-state index in [-0.39, 0.29) is 30.9 Å². The third-order valence-corrected chi connectivity index (χ3v) is 5.46. The normalized spacial score (nSPS) is 14.5. The Hall–Kier alpha value is -2.28. The molecule has 1 fully saturated rings. The van der Waals surface area contributed by atoms with Crippen LogP contribution in [0.1, 0.15) is 59.8 Å². The van der Waals surface area contributed by atoms with Gasteiger partial charge in [-0.3, -0.25) is 14.5 Å². The molecular weight excluding hydrogens is 394 g/mol. The lowest BCUT2D eigenvalue weighted by atomic mass is 9.93. The highest BCUT2D eigenvalue weighted by molar-refractivity contribution is 5.93. The highest BCUT2D eigenvalue weighted by Crippen LogP contribution is 2.30. The standard InChI is InChI=1S/C24H39N3O4/c1-6-30-21-14-13-19(15-22(21)31-7-2)25-23(28)16-26(5)17-24(29)27(18(3)4)20-11-9-8-10-12-20/h13-15,18,20H,6-12,16-17H2,1-5H3,(H,25,28). The van der Waals surface area contributed by atoms with E-state index in [4.69, 9.17) is 9.47 Å². The molecule has 0 spiro atoms. The van der Waals surface area contributed by atoms with Crippen molar-refractivity contribution < 1.29 is 19.1 Å². The predicted octanol–water partition coefficient (Wildman–Crippen LogP) is 3.92. The molecule has 0 atom stereocenters. The van der Waals surface area contributed by atoms with E-state index in [9.17, 15) is 9.59 Å². The van der Waals surface area contributed by atoms with Gasteiger partial charge >= 0.3 is 0 Å². The molecule has 174 valence electrons. The van der Waals surface area contributed by atoms with Crippen LogP contribution in [0.15, 0.2) is 18.2 Å². The molecule has 2 amide bonds. The summed E-state index contributed by atoms with van der Waals surface area (Å²) in [5.41, 5.74) is 0.641. The van der Waals surface area contributed by atoms with Gasteiger partial charge in [0.15, 0.2) is 11.5 Å². The zero-order chi connectivity index (χ0) is 22.8. The average molecular weight is 434 g/mol. The molecular formula is C24H39N3O4. The maximum absolute atomic E-state index is 13.0. The summed E-state index contributed by atoms with van der Waals surface area (Å²) in [6, 6.07) is 5.84. The van der Waals surface area contributed by atoms with Crippen molar-refractivity contribution in [1.29, 1.82) is 0 Å². The van der Waals surface area contributed by atoms with E-state index in [2.05, 4.69) is 19.2 Å². The zero-order valence-electron chi connectivity index (χ0n) is 19.8. The summed E-state index contributed by atoms with van der Waals surface area (Å²) in [5.74, 6) is 1.18. The first kappa shape index (κ1) is 25.0. The second-order valence-electron chi connectivity index (χ2n) is 8.43. The summed E-state index contributed by atoms with van der Waals surface area (Å²) < 4.78 is 11.2. The third-order valence-electron chi connectivity index (χ3n) is 5.46. The SMILES string of the molecule is CCOc1ccc(NC(=O)CN(C)CC(=O)N(C(C)C)C2CCCCC2)cc1OCC. The smallest absolute Gasteiger partial charge is 0.238 e. The molecule has 7 nitrogen and oxygen atoms in total. The second-order valence-corrected chi connectivity index (χ2v) is 8.43. The first-order valence-electron chi connectivity index (χ1n) is 11.5. The van der Waals surface area contributed by atoms with E-state index in [1.54, 1.807) is 30.1 Å². The van der Waals surface area contributed by atoms with Gasteiger partial charge in [-0.25, -0.2) is 0 Å². The van der Waals surface area contributed by atoms with E-state index in [1.165, 1.54) is 19.3 Å². The van der Waals surface area contributed by atoms with Gasteiger partial charge in [0.25, 0.3) is 0 Å². The highest BCUT2D eigenvalue weighted by atomic mass is 16.5. The van der Waals surface area contributed by atoms with E-state index >= 15 is 0 Å². The minimum Gasteiger partial charge on any atom is -0.490 e. The molecule has 1 aliphatic carbocycles. The molecule has 0 unspecified atom stereocenters. The Labute approximate surface area is 187 Å². The molecule has 0 aliphatic heterocycles. The van der Waals surface area contributed by atoms with Crippen molar-refractivity contribution in [3.63, 3.8) is 0 Å². The van der Waals surface area contributed by atoms with E-state index in [0.717, 1.165) is 12.8 Å². The van der Waals surface area contributed by atoms with Crippen molar-refractivity contribution in [2.45, 2.75) is 71.9 Å². The van der Waals surface area contributed by atoms with Gasteiger partial charge in [0.2, 0.25) is 11.8 Å². The van der Waals surface area contributed by atoms with Crippen molar-refractivity contribution in [2.24, 2.45) is 0 Å². The van der Waals surface area contributed by atoms with Crippen LogP contribution in [0.3, 0.4) is 0 Å². The Morgan fingerprint density at radius 3 is 2.29 bits per heavy atom. The Balaban J connectivity index is 1.92. The van der Waals surface area contributed by atoms with Crippen LogP contribution in [-0.4, -0.2) is 67.0 Å². The Morgan fingerprint density at radius 2 is 1.68 bits per heavy atom. The van der Waals surface area contributed by atoms with Crippen LogP contribution in [0.5, 0.6) is 11.5 Å². The number of rotatable bonds is 11. The van der Waals surface area contributed by atoms with Crippen molar-refractivity contribution in [1.82, 2.24) is 9.80 Å². The maximum atomic E-state index is 13.0. The van der Waals surface area contributed by atoms with E-state index in [1.807, 2.05) is 18.7 Å². The lowest BCUT2D eigenvalue weighted by Gasteiger charge is -2.38. The van der Waals surface area contributed by atoms with Gasteiger partial charge in [0, 0.05) is 23.8 Å². The summed E-state index contributed by atoms with van der Waals surface area (Å²) in [4.78, 5) is 29.3. The average Bonchev–Trinajstić information content (AvgIpc) is 2.70. The van der Waals surface area contributed by atoms with Gasteiger partial charge in [-0.15, -0.1) is 0 Å². The van der Waals surface area contributed by atoms with Gasteiger partial charge in [-0.05, 0) is 59.7 Å². The molecule has 0 aromatic heterocycles. The highest BCUT2D eigenvalue weighted by Gasteiger charge is 2.28. The summed E-state index contributed by atoms with van der Waals surface area (Å²) in [7, 11) is 1.81. The number of anilines is 1. The number of carbonyl (C=O) groups excluding carboxylic acids is 2. The number of amides is 2. The molecule has 31 heavy (non-hydrogen) atoms. The Bertz CT molecular complexity index is 717. The molecule has 1 aromatic rings. The van der Waals surface area contributed by atoms with Crippen molar-refractivity contribution >= 4 is 17.5 Å². The molecule has 7 heteroatoms. The summed E-state index contributed by atoms with van der Waals surface area (Å²) in [5, 5.41) is 2.89. The van der Waals surface area contributed by atoms with Gasteiger partial charge in [0.05, 0.1) is 26.3 Å². The number of nitrogens with one attached hydrogen (secondary N) is 1. The minimum absolute atomic E-state index is 0.0944. The fraction of sp³-hybridized carbons (Fsp3) is 0.667. The predicted molar refractivity (Wildman–Crippen MR) is 124 cm³/mol. The molecule has 0 heterocycles. The minimum atomic E-state index is -0.171. The van der Waals surface area contributed by atoms with Gasteiger partial charge in [-0.1, -0.05) is 19.3 Å². The zero-order valence-corrected chi connectivity index (χ0v) is 19.8. The maximum Gasteiger partial charge on any atom is 0.238 e. The van der Waals surface area contributed by atoms with Gasteiger partial charge in [-0.2, -0.15) is 0 Å². The number of carbonyl (C=O) groups is 2. The molecule has 0 saturated heterocycles. The Morgan fingerprint density at radius 1 is 1.03 bits per heavy atom. The van der Waals surface area contributed by atoms with Crippen molar-refractivity contribution in [3.05, 3.63) is 18.2 Å². The summed E-state index contributed by atoms with van der Waals surface area (Å²) in [6.45, 7) is 9.38. The fourth-order valence-electron chi connectivity index (χ4n) is 4.22. The number of ether oxygens (including phenoxy) is 2. The van der Waals surface area contributed by atoms with Crippen LogP contribution in [0.2, 0.25) is 0 Å². The number of hydrogen-bond donors (Lipinski definition) is 1. The van der Waals surface area contributed by atoms with Gasteiger partial charge < -0.3 is 19.7 Å². The monoisotopic (exact) mass is 433 g/mol. The second kappa shape index (κ2) is 12.5. The number of benzene rings is 1. The molecule has 1 aromatic carbocycles. The fourth-order valence-corrected chi connectivity index (χ4v) is 4.22. The molecule has 1 N–H and O–H groups in total. The van der Waals surface area contributed by atoms with Crippen molar-refractivity contribution in [3.8, 4) is 11.5 Å². The Kier molecular flexibility index (Phi) is 10.1. The van der Waals surface area contributed by atoms with E-state index < -0.39 is 0 Å². The topological polar surface area (TPSA) is 71.1 Å². The first-order valence-corrected chi connectivity index (χ1v) is 11.5. The van der Waals surface area contributed by atoms with Crippen LogP contribution >= 0.6 is 0 Å². The third kappa shape index (κ3) is 7.73. The van der Waals surface area contributed by atoms with Crippen LogP contribution in [0.4, 0.5) is 5.69 Å². The first-order chi connectivity index (χ1) is 14.8. The largest absolute Gasteiger partial charge is 0.490 e. The van der Waals surface area contributed by atoms with Gasteiger partial charge in [0.1, 0.15) is 0 Å². The molecule has 0 radical (unpaired) electrons.